The van der Waals surface area contributed by atoms with Gasteiger partial charge in [-0.2, -0.15) is 4.37 Å². The van der Waals surface area contributed by atoms with E-state index in [2.05, 4.69) is 42.7 Å². The molecule has 0 amide bonds. The van der Waals surface area contributed by atoms with E-state index in [9.17, 15) is 0 Å². The number of anilines is 2. The monoisotopic (exact) mass is 360 g/mol. The molecule has 0 aliphatic heterocycles. The van der Waals surface area contributed by atoms with Crippen LogP contribution in [0.2, 0.25) is 0 Å². The van der Waals surface area contributed by atoms with Crippen LogP contribution in [0, 0.1) is 0 Å². The highest BCUT2D eigenvalue weighted by Gasteiger charge is 2.13. The van der Waals surface area contributed by atoms with Crippen LogP contribution in [0.25, 0.3) is 11.1 Å². The lowest BCUT2D eigenvalue weighted by molar-refractivity contribution is 1.16. The standard InChI is InChI=1S/C15H13BrN4S/c16-12-3-1-10(2-4-12)9-19-15-13(14(17)20-21-15)11-5-7-18-8-6-11/h1-8,19H,9H2,(H2,17,20). The van der Waals surface area contributed by atoms with Gasteiger partial charge in [0.1, 0.15) is 10.8 Å². The Kier molecular flexibility index (Phi) is 4.17. The number of nitrogen functional groups attached to an aromatic ring is 1. The molecule has 0 bridgehead atoms. The molecular formula is C15H13BrN4S. The third kappa shape index (κ3) is 3.22. The third-order valence-electron chi connectivity index (χ3n) is 3.05. The highest BCUT2D eigenvalue weighted by Crippen LogP contribution is 2.36. The molecule has 1 aromatic carbocycles. The predicted octanol–water partition coefficient (Wildman–Crippen LogP) is 4.16. The number of nitrogens with two attached hydrogens (primary N) is 1. The van der Waals surface area contributed by atoms with Gasteiger partial charge < -0.3 is 11.1 Å². The summed E-state index contributed by atoms with van der Waals surface area (Å²) in [6.07, 6.45) is 3.51. The zero-order valence-electron chi connectivity index (χ0n) is 11.1. The Labute approximate surface area is 135 Å². The summed E-state index contributed by atoms with van der Waals surface area (Å²) < 4.78 is 5.32. The molecule has 3 rings (SSSR count). The molecule has 2 heterocycles. The summed E-state index contributed by atoms with van der Waals surface area (Å²) in [6.45, 7) is 0.729. The Morgan fingerprint density at radius 2 is 1.81 bits per heavy atom. The van der Waals surface area contributed by atoms with Gasteiger partial charge >= 0.3 is 0 Å². The topological polar surface area (TPSA) is 63.8 Å². The molecule has 0 spiro atoms. The molecule has 0 radical (unpaired) electrons. The van der Waals surface area contributed by atoms with Crippen LogP contribution in [0.1, 0.15) is 5.56 Å². The van der Waals surface area contributed by atoms with E-state index in [-0.39, 0.29) is 0 Å². The lowest BCUT2D eigenvalue weighted by atomic mass is 10.1. The maximum absolute atomic E-state index is 5.99. The van der Waals surface area contributed by atoms with Gasteiger partial charge in [0.05, 0.1) is 5.56 Å². The SMILES string of the molecule is Nc1nsc(NCc2ccc(Br)cc2)c1-c1ccncc1. The Hall–Kier alpha value is -1.92. The van der Waals surface area contributed by atoms with Crippen molar-refractivity contribution in [2.45, 2.75) is 6.54 Å². The first-order valence-electron chi connectivity index (χ1n) is 6.38. The van der Waals surface area contributed by atoms with Crippen molar-refractivity contribution >= 4 is 38.3 Å². The molecule has 21 heavy (non-hydrogen) atoms. The van der Waals surface area contributed by atoms with Gasteiger partial charge in [-0.05, 0) is 46.9 Å². The Balaban J connectivity index is 1.82. The molecule has 0 saturated heterocycles. The number of nitrogens with zero attached hydrogens (tertiary/aromatic N) is 2. The minimum atomic E-state index is 0.546. The second-order valence-corrected chi connectivity index (χ2v) is 6.18. The smallest absolute Gasteiger partial charge is 0.147 e. The number of rotatable bonds is 4. The van der Waals surface area contributed by atoms with Gasteiger partial charge in [0.15, 0.2) is 0 Å². The average Bonchev–Trinajstić information content (AvgIpc) is 2.88. The zero-order chi connectivity index (χ0) is 14.7. The Bertz CT molecular complexity index is 725. The van der Waals surface area contributed by atoms with E-state index in [4.69, 9.17) is 5.73 Å². The van der Waals surface area contributed by atoms with Crippen LogP contribution in [0.3, 0.4) is 0 Å². The molecular weight excluding hydrogens is 348 g/mol. The van der Waals surface area contributed by atoms with E-state index in [0.29, 0.717) is 5.82 Å². The van der Waals surface area contributed by atoms with Crippen molar-refractivity contribution in [3.63, 3.8) is 0 Å². The van der Waals surface area contributed by atoms with E-state index in [1.807, 2.05) is 24.3 Å². The van der Waals surface area contributed by atoms with Crippen molar-refractivity contribution in [1.82, 2.24) is 9.36 Å². The first-order chi connectivity index (χ1) is 10.2. The minimum Gasteiger partial charge on any atom is -0.382 e. The molecule has 0 aliphatic rings. The first kappa shape index (κ1) is 14.0. The van der Waals surface area contributed by atoms with Gasteiger partial charge in [-0.1, -0.05) is 28.1 Å². The van der Waals surface area contributed by atoms with E-state index in [1.54, 1.807) is 12.4 Å². The highest BCUT2D eigenvalue weighted by atomic mass is 79.9. The van der Waals surface area contributed by atoms with E-state index >= 15 is 0 Å². The molecule has 0 atom stereocenters. The van der Waals surface area contributed by atoms with Gasteiger partial charge in [-0.3, -0.25) is 4.98 Å². The fourth-order valence-electron chi connectivity index (χ4n) is 2.01. The normalized spacial score (nSPS) is 10.5. The maximum Gasteiger partial charge on any atom is 0.147 e. The number of pyridine rings is 1. The number of benzene rings is 1. The predicted molar refractivity (Wildman–Crippen MR) is 91.2 cm³/mol. The summed E-state index contributed by atoms with van der Waals surface area (Å²) in [4.78, 5) is 4.03. The third-order valence-corrected chi connectivity index (χ3v) is 4.40. The number of hydrogen-bond donors (Lipinski definition) is 2. The van der Waals surface area contributed by atoms with Crippen molar-refractivity contribution in [1.29, 1.82) is 0 Å². The van der Waals surface area contributed by atoms with Gasteiger partial charge in [0.2, 0.25) is 0 Å². The van der Waals surface area contributed by atoms with Crippen molar-refractivity contribution in [3.8, 4) is 11.1 Å². The maximum atomic E-state index is 5.99. The fourth-order valence-corrected chi connectivity index (χ4v) is 3.00. The van der Waals surface area contributed by atoms with Gasteiger partial charge in [-0.15, -0.1) is 0 Å². The lowest BCUT2D eigenvalue weighted by Gasteiger charge is -2.07. The molecule has 0 saturated carbocycles. The number of halogens is 1. The average molecular weight is 361 g/mol. The second-order valence-electron chi connectivity index (χ2n) is 4.49. The van der Waals surface area contributed by atoms with Gasteiger partial charge in [0, 0.05) is 23.4 Å². The van der Waals surface area contributed by atoms with Crippen LogP contribution in [0.4, 0.5) is 10.8 Å². The van der Waals surface area contributed by atoms with Gasteiger partial charge in [-0.25, -0.2) is 0 Å². The molecule has 106 valence electrons. The van der Waals surface area contributed by atoms with Crippen LogP contribution >= 0.6 is 27.5 Å². The Morgan fingerprint density at radius 1 is 1.10 bits per heavy atom. The quantitative estimate of drug-likeness (QED) is 0.732. The molecule has 3 aromatic rings. The number of aromatic nitrogens is 2. The molecule has 0 fully saturated rings. The van der Waals surface area contributed by atoms with Crippen LogP contribution in [0.15, 0.2) is 53.3 Å². The largest absolute Gasteiger partial charge is 0.382 e. The van der Waals surface area contributed by atoms with Crippen molar-refractivity contribution in [2.24, 2.45) is 0 Å². The van der Waals surface area contributed by atoms with E-state index in [0.717, 1.165) is 27.1 Å². The summed E-state index contributed by atoms with van der Waals surface area (Å²) in [5.41, 5.74) is 9.16. The van der Waals surface area contributed by atoms with Crippen molar-refractivity contribution in [3.05, 3.63) is 58.8 Å². The van der Waals surface area contributed by atoms with Crippen LogP contribution < -0.4 is 11.1 Å². The summed E-state index contributed by atoms with van der Waals surface area (Å²) in [7, 11) is 0. The van der Waals surface area contributed by atoms with Crippen LogP contribution in [-0.4, -0.2) is 9.36 Å². The van der Waals surface area contributed by atoms with Crippen molar-refractivity contribution in [2.75, 3.05) is 11.1 Å². The molecule has 0 unspecified atom stereocenters. The Morgan fingerprint density at radius 3 is 2.52 bits per heavy atom. The van der Waals surface area contributed by atoms with Crippen molar-refractivity contribution < 1.29 is 0 Å². The van der Waals surface area contributed by atoms with Crippen LogP contribution in [-0.2, 0) is 6.54 Å². The summed E-state index contributed by atoms with van der Waals surface area (Å²) in [5, 5.41) is 4.38. The lowest BCUT2D eigenvalue weighted by Crippen LogP contribution is -1.99. The number of hydrogen-bond acceptors (Lipinski definition) is 5. The molecule has 4 nitrogen and oxygen atoms in total. The van der Waals surface area contributed by atoms with E-state index in [1.165, 1.54) is 17.1 Å². The molecule has 6 heteroatoms. The molecule has 3 N–H and O–H groups in total. The number of nitrogens with one attached hydrogen (secondary N) is 1. The summed E-state index contributed by atoms with van der Waals surface area (Å²) in [6, 6.07) is 12.1. The molecule has 0 aliphatic carbocycles. The van der Waals surface area contributed by atoms with Gasteiger partial charge in [0.25, 0.3) is 0 Å². The van der Waals surface area contributed by atoms with Crippen LogP contribution in [0.5, 0.6) is 0 Å². The fraction of sp³-hybridized carbons (Fsp3) is 0.0667. The summed E-state index contributed by atoms with van der Waals surface area (Å²) >= 11 is 4.81. The second kappa shape index (κ2) is 6.24. The summed E-state index contributed by atoms with van der Waals surface area (Å²) in [5.74, 6) is 0.546. The highest BCUT2D eigenvalue weighted by molar-refractivity contribution is 9.10. The first-order valence-corrected chi connectivity index (χ1v) is 7.94. The zero-order valence-corrected chi connectivity index (χ0v) is 13.5. The molecule has 2 aromatic heterocycles. The minimum absolute atomic E-state index is 0.546. The van der Waals surface area contributed by atoms with E-state index < -0.39 is 0 Å².